The predicted octanol–water partition coefficient (Wildman–Crippen LogP) is 3.62. The maximum absolute atomic E-state index is 14.5. The molecule has 0 spiro atoms. The van der Waals surface area contributed by atoms with E-state index < -0.39 is 11.9 Å². The Morgan fingerprint density at radius 1 is 1.12 bits per heavy atom. The third kappa shape index (κ3) is 2.80. The van der Waals surface area contributed by atoms with Crippen molar-refractivity contribution < 1.29 is 9.50 Å². The number of nitrogens with zero attached hydrogens (tertiary/aromatic N) is 3. The molecule has 5 nitrogen and oxygen atoms in total. The number of nitrogens with one attached hydrogen (secondary N) is 1. The van der Waals surface area contributed by atoms with Crippen molar-refractivity contribution in [1.82, 2.24) is 15.0 Å². The maximum atomic E-state index is 14.5. The van der Waals surface area contributed by atoms with Crippen LogP contribution in [0, 0.1) is 12.7 Å². The molecule has 0 radical (unpaired) electrons. The number of fused-ring (bicyclic) bond motifs is 1. The van der Waals surface area contributed by atoms with Crippen LogP contribution in [0.5, 0.6) is 0 Å². The van der Waals surface area contributed by atoms with Crippen LogP contribution in [0.3, 0.4) is 0 Å². The Bertz CT molecular complexity index is 898. The molecule has 24 heavy (non-hydrogen) atoms. The van der Waals surface area contributed by atoms with Crippen molar-refractivity contribution in [1.29, 1.82) is 0 Å². The van der Waals surface area contributed by atoms with Crippen molar-refractivity contribution in [2.45, 2.75) is 26.4 Å². The van der Waals surface area contributed by atoms with E-state index in [4.69, 9.17) is 0 Å². The van der Waals surface area contributed by atoms with Gasteiger partial charge in [0, 0.05) is 42.0 Å². The fourth-order valence-corrected chi connectivity index (χ4v) is 2.60. The number of anilines is 1. The second kappa shape index (κ2) is 6.49. The van der Waals surface area contributed by atoms with Gasteiger partial charge in [-0.25, -0.2) is 9.37 Å². The highest BCUT2D eigenvalue weighted by Crippen LogP contribution is 2.29. The summed E-state index contributed by atoms with van der Waals surface area (Å²) in [5, 5.41) is 14.7. The summed E-state index contributed by atoms with van der Waals surface area (Å²) in [6, 6.07) is 3.76. The molecule has 3 aromatic heterocycles. The summed E-state index contributed by atoms with van der Waals surface area (Å²) in [5.74, 6) is 0.284. The van der Waals surface area contributed by atoms with E-state index in [1.165, 1.54) is 0 Å². The first kappa shape index (κ1) is 16.3. The number of hydrogen-bond acceptors (Lipinski definition) is 5. The van der Waals surface area contributed by atoms with Crippen molar-refractivity contribution in [3.05, 3.63) is 47.8 Å². The van der Waals surface area contributed by atoms with Crippen LogP contribution >= 0.6 is 0 Å². The maximum Gasteiger partial charge on any atom is 0.150 e. The summed E-state index contributed by atoms with van der Waals surface area (Å²) >= 11 is 0. The zero-order valence-corrected chi connectivity index (χ0v) is 13.8. The minimum Gasteiger partial charge on any atom is -0.387 e. The van der Waals surface area contributed by atoms with E-state index in [-0.39, 0.29) is 5.69 Å². The van der Waals surface area contributed by atoms with Crippen molar-refractivity contribution in [2.24, 2.45) is 0 Å². The Hall–Kier alpha value is -2.60. The van der Waals surface area contributed by atoms with Crippen LogP contribution < -0.4 is 5.32 Å². The highest BCUT2D eigenvalue weighted by atomic mass is 19.1. The minimum atomic E-state index is -0.897. The lowest BCUT2D eigenvalue weighted by atomic mass is 10.0. The van der Waals surface area contributed by atoms with Crippen molar-refractivity contribution in [3.63, 3.8) is 0 Å². The van der Waals surface area contributed by atoms with Crippen LogP contribution in [-0.4, -0.2) is 27.1 Å². The van der Waals surface area contributed by atoms with Crippen molar-refractivity contribution >= 4 is 16.6 Å². The van der Waals surface area contributed by atoms with Crippen LogP contribution in [0.4, 0.5) is 10.2 Å². The molecule has 0 unspecified atom stereocenters. The highest BCUT2D eigenvalue weighted by molar-refractivity contribution is 5.86. The molecule has 0 aliphatic heterocycles. The molecule has 0 aliphatic carbocycles. The number of halogens is 1. The van der Waals surface area contributed by atoms with E-state index in [2.05, 4.69) is 20.3 Å². The van der Waals surface area contributed by atoms with Crippen LogP contribution in [0.1, 0.15) is 30.7 Å². The summed E-state index contributed by atoms with van der Waals surface area (Å²) in [6.45, 7) is 3.46. The molecule has 0 bridgehead atoms. The predicted molar refractivity (Wildman–Crippen MR) is 92.3 cm³/mol. The zero-order chi connectivity index (χ0) is 17.3. The third-order valence-corrected chi connectivity index (χ3v) is 4.13. The van der Waals surface area contributed by atoms with Gasteiger partial charge in [0.2, 0.25) is 0 Å². The van der Waals surface area contributed by atoms with E-state index in [1.54, 1.807) is 39.5 Å². The normalized spacial score (nSPS) is 12.4. The molecule has 0 aromatic carbocycles. The van der Waals surface area contributed by atoms with E-state index in [9.17, 15) is 9.50 Å². The van der Waals surface area contributed by atoms with E-state index >= 15 is 0 Å². The number of rotatable bonds is 4. The van der Waals surface area contributed by atoms with E-state index in [0.29, 0.717) is 23.2 Å². The van der Waals surface area contributed by atoms with Crippen LogP contribution in [-0.2, 0) is 0 Å². The first-order valence-electron chi connectivity index (χ1n) is 7.82. The number of aromatic nitrogens is 3. The molecule has 0 aliphatic rings. The lowest BCUT2D eigenvalue weighted by molar-refractivity contribution is 0.163. The van der Waals surface area contributed by atoms with E-state index in [1.807, 2.05) is 12.1 Å². The molecule has 0 saturated carbocycles. The number of aliphatic hydroxyl groups excluding tert-OH is 1. The lowest BCUT2D eigenvalue weighted by Gasteiger charge is -2.13. The first-order chi connectivity index (χ1) is 11.5. The summed E-state index contributed by atoms with van der Waals surface area (Å²) in [6.07, 6.45) is 4.57. The zero-order valence-electron chi connectivity index (χ0n) is 13.8. The Kier molecular flexibility index (Phi) is 4.40. The highest BCUT2D eigenvalue weighted by Gasteiger charge is 2.18. The minimum absolute atomic E-state index is 0.0832. The molecule has 2 N–H and O–H groups in total. The van der Waals surface area contributed by atoms with Gasteiger partial charge in [-0.15, -0.1) is 0 Å². The molecule has 0 saturated heterocycles. The van der Waals surface area contributed by atoms with Gasteiger partial charge in [-0.3, -0.25) is 9.97 Å². The Balaban J connectivity index is 2.08. The van der Waals surface area contributed by atoms with Gasteiger partial charge in [0.1, 0.15) is 11.5 Å². The Morgan fingerprint density at radius 3 is 2.54 bits per heavy atom. The van der Waals surface area contributed by atoms with Crippen molar-refractivity contribution in [3.8, 4) is 11.3 Å². The fourth-order valence-electron chi connectivity index (χ4n) is 2.60. The molecule has 0 fully saturated rings. The Labute approximate surface area is 139 Å². The number of hydrogen-bond donors (Lipinski definition) is 2. The van der Waals surface area contributed by atoms with Crippen molar-refractivity contribution in [2.75, 3.05) is 12.4 Å². The standard InChI is InChI=1S/C18H19FN4O/c1-4-15(24)18-17(19)10(2)13(9-23-18)14-5-11-8-22-16(20-3)6-12(11)7-21-14/h5-9,15,24H,4H2,1-3H3,(H,20,22)/t15-/m0/s1. The molecule has 6 heteroatoms. The fraction of sp³-hybridized carbons (Fsp3) is 0.278. The van der Waals surface area contributed by atoms with Crippen LogP contribution in [0.25, 0.3) is 22.0 Å². The smallest absolute Gasteiger partial charge is 0.150 e. The second-order valence-corrected chi connectivity index (χ2v) is 5.66. The van der Waals surface area contributed by atoms with Gasteiger partial charge >= 0.3 is 0 Å². The molecular formula is C18H19FN4O. The summed E-state index contributed by atoms with van der Waals surface area (Å²) in [5.41, 5.74) is 1.75. The molecule has 1 atom stereocenters. The topological polar surface area (TPSA) is 70.9 Å². The SMILES string of the molecule is CC[C@H](O)c1ncc(-c2cc3cnc(NC)cc3cn2)c(C)c1F. The molecule has 124 valence electrons. The van der Waals surface area contributed by atoms with Gasteiger partial charge in [-0.05, 0) is 31.0 Å². The quantitative estimate of drug-likeness (QED) is 0.766. The van der Waals surface area contributed by atoms with E-state index in [0.717, 1.165) is 16.6 Å². The van der Waals surface area contributed by atoms with Crippen LogP contribution in [0.2, 0.25) is 0 Å². The molecular weight excluding hydrogens is 307 g/mol. The summed E-state index contributed by atoms with van der Waals surface area (Å²) < 4.78 is 14.5. The Morgan fingerprint density at radius 2 is 1.83 bits per heavy atom. The van der Waals surface area contributed by atoms with Gasteiger partial charge in [0.25, 0.3) is 0 Å². The average molecular weight is 326 g/mol. The molecule has 3 aromatic rings. The van der Waals surface area contributed by atoms with Gasteiger partial charge in [0.05, 0.1) is 11.8 Å². The lowest BCUT2D eigenvalue weighted by Crippen LogP contribution is -2.06. The molecule has 0 amide bonds. The van der Waals surface area contributed by atoms with Crippen LogP contribution in [0.15, 0.2) is 30.7 Å². The summed E-state index contributed by atoms with van der Waals surface area (Å²) in [4.78, 5) is 12.8. The monoisotopic (exact) mass is 326 g/mol. The summed E-state index contributed by atoms with van der Waals surface area (Å²) in [7, 11) is 1.81. The van der Waals surface area contributed by atoms with Gasteiger partial charge in [-0.2, -0.15) is 0 Å². The number of pyridine rings is 3. The van der Waals surface area contributed by atoms with Gasteiger partial charge in [-0.1, -0.05) is 6.92 Å². The van der Waals surface area contributed by atoms with Gasteiger partial charge in [0.15, 0.2) is 5.82 Å². The molecule has 3 heterocycles. The third-order valence-electron chi connectivity index (χ3n) is 4.13. The average Bonchev–Trinajstić information content (AvgIpc) is 2.62. The first-order valence-corrected chi connectivity index (χ1v) is 7.82. The largest absolute Gasteiger partial charge is 0.387 e. The van der Waals surface area contributed by atoms with Gasteiger partial charge < -0.3 is 10.4 Å². The number of aliphatic hydroxyl groups is 1. The second-order valence-electron chi connectivity index (χ2n) is 5.66. The molecule has 3 rings (SSSR count).